The summed E-state index contributed by atoms with van der Waals surface area (Å²) in [7, 11) is 0. The maximum Gasteiger partial charge on any atom is 0.162 e. The molecular weight excluding hydrogens is 238 g/mol. The van der Waals surface area contributed by atoms with Gasteiger partial charge in [-0.15, -0.1) is 0 Å². The zero-order chi connectivity index (χ0) is 13.5. The van der Waals surface area contributed by atoms with Gasteiger partial charge >= 0.3 is 0 Å². The molecule has 3 nitrogen and oxygen atoms in total. The molecule has 0 spiro atoms. The SMILES string of the molecule is O=C(CCCN1CCC(CO)CC1)c1ccccc1. The van der Waals surface area contributed by atoms with Crippen LogP contribution in [0.2, 0.25) is 0 Å². The molecule has 0 atom stereocenters. The first kappa shape index (κ1) is 14.2. The summed E-state index contributed by atoms with van der Waals surface area (Å²) in [6.07, 6.45) is 3.73. The number of aliphatic hydroxyl groups excluding tert-OH is 1. The predicted molar refractivity (Wildman–Crippen MR) is 76.3 cm³/mol. The van der Waals surface area contributed by atoms with Gasteiger partial charge in [-0.1, -0.05) is 30.3 Å². The second-order valence-electron chi connectivity index (χ2n) is 5.36. The molecule has 1 fully saturated rings. The Bertz CT molecular complexity index is 383. The van der Waals surface area contributed by atoms with Crippen LogP contribution < -0.4 is 0 Å². The van der Waals surface area contributed by atoms with E-state index in [9.17, 15) is 4.79 Å². The Morgan fingerprint density at radius 2 is 1.89 bits per heavy atom. The molecular formula is C16H23NO2. The van der Waals surface area contributed by atoms with E-state index in [2.05, 4.69) is 4.90 Å². The topological polar surface area (TPSA) is 40.5 Å². The maximum absolute atomic E-state index is 11.9. The third-order valence-corrected chi connectivity index (χ3v) is 3.94. The van der Waals surface area contributed by atoms with Crippen LogP contribution in [0.4, 0.5) is 0 Å². The summed E-state index contributed by atoms with van der Waals surface area (Å²) in [5, 5.41) is 9.09. The molecule has 2 rings (SSSR count). The van der Waals surface area contributed by atoms with E-state index in [0.29, 0.717) is 18.9 Å². The van der Waals surface area contributed by atoms with Crippen LogP contribution in [0.5, 0.6) is 0 Å². The third-order valence-electron chi connectivity index (χ3n) is 3.94. The van der Waals surface area contributed by atoms with Gasteiger partial charge in [0.25, 0.3) is 0 Å². The molecule has 0 unspecified atom stereocenters. The number of rotatable bonds is 6. The van der Waals surface area contributed by atoms with Gasteiger partial charge < -0.3 is 10.0 Å². The lowest BCUT2D eigenvalue weighted by molar-refractivity contribution is 0.0964. The van der Waals surface area contributed by atoms with Crippen molar-refractivity contribution in [1.82, 2.24) is 4.90 Å². The quantitative estimate of drug-likeness (QED) is 0.799. The van der Waals surface area contributed by atoms with Crippen LogP contribution in [0.15, 0.2) is 30.3 Å². The fraction of sp³-hybridized carbons (Fsp3) is 0.562. The lowest BCUT2D eigenvalue weighted by Crippen LogP contribution is -2.35. The Morgan fingerprint density at radius 1 is 1.21 bits per heavy atom. The molecule has 1 aromatic rings. The van der Waals surface area contributed by atoms with Crippen molar-refractivity contribution in [2.45, 2.75) is 25.7 Å². The van der Waals surface area contributed by atoms with E-state index in [4.69, 9.17) is 5.11 Å². The number of likely N-dealkylation sites (tertiary alicyclic amines) is 1. The van der Waals surface area contributed by atoms with Gasteiger partial charge in [0.05, 0.1) is 0 Å². The minimum absolute atomic E-state index is 0.242. The van der Waals surface area contributed by atoms with Crippen LogP contribution in [-0.2, 0) is 0 Å². The summed E-state index contributed by atoms with van der Waals surface area (Å²) >= 11 is 0. The summed E-state index contributed by atoms with van der Waals surface area (Å²) in [4.78, 5) is 14.3. The van der Waals surface area contributed by atoms with Gasteiger partial charge in [0.2, 0.25) is 0 Å². The van der Waals surface area contributed by atoms with Crippen molar-refractivity contribution < 1.29 is 9.90 Å². The Morgan fingerprint density at radius 3 is 2.53 bits per heavy atom. The largest absolute Gasteiger partial charge is 0.396 e. The highest BCUT2D eigenvalue weighted by Gasteiger charge is 2.18. The summed E-state index contributed by atoms with van der Waals surface area (Å²) in [6, 6.07) is 9.52. The van der Waals surface area contributed by atoms with Crippen LogP contribution in [-0.4, -0.2) is 42.0 Å². The van der Waals surface area contributed by atoms with Crippen molar-refractivity contribution in [1.29, 1.82) is 0 Å². The van der Waals surface area contributed by atoms with Crippen molar-refractivity contribution in [3.63, 3.8) is 0 Å². The van der Waals surface area contributed by atoms with Gasteiger partial charge in [0.15, 0.2) is 5.78 Å². The fourth-order valence-corrected chi connectivity index (χ4v) is 2.62. The molecule has 1 aliphatic rings. The molecule has 0 radical (unpaired) electrons. The second kappa shape index (κ2) is 7.41. The second-order valence-corrected chi connectivity index (χ2v) is 5.36. The van der Waals surface area contributed by atoms with E-state index in [-0.39, 0.29) is 5.78 Å². The summed E-state index contributed by atoms with van der Waals surface area (Å²) in [5.74, 6) is 0.730. The van der Waals surface area contributed by atoms with E-state index >= 15 is 0 Å². The van der Waals surface area contributed by atoms with Crippen LogP contribution >= 0.6 is 0 Å². The third kappa shape index (κ3) is 4.44. The van der Waals surface area contributed by atoms with E-state index in [1.54, 1.807) is 0 Å². The number of Topliss-reactive ketones (excluding diaryl/α,β-unsaturated/α-hetero) is 1. The summed E-state index contributed by atoms with van der Waals surface area (Å²) in [6.45, 7) is 3.44. The zero-order valence-corrected chi connectivity index (χ0v) is 11.4. The van der Waals surface area contributed by atoms with Gasteiger partial charge in [-0.3, -0.25) is 4.79 Å². The molecule has 1 N–H and O–H groups in total. The number of ketones is 1. The van der Waals surface area contributed by atoms with Crippen molar-refractivity contribution >= 4 is 5.78 Å². The summed E-state index contributed by atoms with van der Waals surface area (Å²) < 4.78 is 0. The molecule has 0 aliphatic carbocycles. The maximum atomic E-state index is 11.9. The summed E-state index contributed by atoms with van der Waals surface area (Å²) in [5.41, 5.74) is 0.821. The Kier molecular flexibility index (Phi) is 5.55. The molecule has 104 valence electrons. The number of carbonyl (C=O) groups excluding carboxylic acids is 1. The molecule has 19 heavy (non-hydrogen) atoms. The predicted octanol–water partition coefficient (Wildman–Crippen LogP) is 2.35. The Balaban J connectivity index is 1.66. The average Bonchev–Trinajstić information content (AvgIpc) is 2.49. The van der Waals surface area contributed by atoms with Crippen LogP contribution in [0.25, 0.3) is 0 Å². The molecule has 3 heteroatoms. The standard InChI is InChI=1S/C16H23NO2/c18-13-14-8-11-17(12-9-14)10-4-7-16(19)15-5-2-1-3-6-15/h1-3,5-6,14,18H,4,7-13H2. The van der Waals surface area contributed by atoms with Crippen molar-refractivity contribution in [2.75, 3.05) is 26.2 Å². The molecule has 0 bridgehead atoms. The van der Waals surface area contributed by atoms with E-state index < -0.39 is 0 Å². The number of hydrogen-bond donors (Lipinski definition) is 1. The lowest BCUT2D eigenvalue weighted by atomic mass is 9.97. The first-order chi connectivity index (χ1) is 9.29. The molecule has 0 saturated carbocycles. The minimum atomic E-state index is 0.242. The molecule has 1 saturated heterocycles. The van der Waals surface area contributed by atoms with Gasteiger partial charge in [-0.2, -0.15) is 0 Å². The normalized spacial score (nSPS) is 17.5. The number of piperidine rings is 1. The van der Waals surface area contributed by atoms with Gasteiger partial charge in [-0.05, 0) is 44.8 Å². The minimum Gasteiger partial charge on any atom is -0.396 e. The van der Waals surface area contributed by atoms with Gasteiger partial charge in [0, 0.05) is 18.6 Å². The van der Waals surface area contributed by atoms with E-state index in [1.165, 1.54) is 0 Å². The smallest absolute Gasteiger partial charge is 0.162 e. The number of hydrogen-bond acceptors (Lipinski definition) is 3. The Labute approximate surface area is 115 Å². The first-order valence-electron chi connectivity index (χ1n) is 7.21. The van der Waals surface area contributed by atoms with E-state index in [0.717, 1.165) is 44.5 Å². The number of benzene rings is 1. The molecule has 1 aliphatic heterocycles. The fourth-order valence-electron chi connectivity index (χ4n) is 2.62. The number of aliphatic hydroxyl groups is 1. The van der Waals surface area contributed by atoms with Crippen molar-refractivity contribution in [3.8, 4) is 0 Å². The van der Waals surface area contributed by atoms with Gasteiger partial charge in [0.1, 0.15) is 0 Å². The highest BCUT2D eigenvalue weighted by Crippen LogP contribution is 2.16. The van der Waals surface area contributed by atoms with Crippen molar-refractivity contribution in [3.05, 3.63) is 35.9 Å². The zero-order valence-electron chi connectivity index (χ0n) is 11.4. The average molecular weight is 261 g/mol. The van der Waals surface area contributed by atoms with E-state index in [1.807, 2.05) is 30.3 Å². The van der Waals surface area contributed by atoms with Crippen molar-refractivity contribution in [2.24, 2.45) is 5.92 Å². The monoisotopic (exact) mass is 261 g/mol. The highest BCUT2D eigenvalue weighted by atomic mass is 16.3. The molecule has 0 amide bonds. The number of carbonyl (C=O) groups is 1. The Hall–Kier alpha value is -1.19. The van der Waals surface area contributed by atoms with Crippen LogP contribution in [0, 0.1) is 5.92 Å². The van der Waals surface area contributed by atoms with Gasteiger partial charge in [-0.25, -0.2) is 0 Å². The molecule has 1 heterocycles. The highest BCUT2D eigenvalue weighted by molar-refractivity contribution is 5.95. The lowest BCUT2D eigenvalue weighted by Gasteiger charge is -2.30. The van der Waals surface area contributed by atoms with Crippen LogP contribution in [0.3, 0.4) is 0 Å². The first-order valence-corrected chi connectivity index (χ1v) is 7.21. The molecule has 1 aromatic carbocycles. The van der Waals surface area contributed by atoms with Crippen LogP contribution in [0.1, 0.15) is 36.0 Å². The number of nitrogens with zero attached hydrogens (tertiary/aromatic N) is 1. The molecule has 0 aromatic heterocycles.